The quantitative estimate of drug-likeness (QED) is 0.699. The zero-order chi connectivity index (χ0) is 14.0. The average molecular weight is 295 g/mol. The Kier molecular flexibility index (Phi) is 4.38. The van der Waals surface area contributed by atoms with E-state index in [1.807, 2.05) is 50.2 Å². The first-order valence-corrected chi connectivity index (χ1v) is 6.89. The molecule has 0 spiro atoms. The van der Waals surface area contributed by atoms with Crippen LogP contribution in [0.1, 0.15) is 27.6 Å². The monoisotopic (exact) mass is 294 g/mol. The van der Waals surface area contributed by atoms with Gasteiger partial charge in [-0.2, -0.15) is 0 Å². The highest BCUT2D eigenvalue weighted by atomic mass is 35.5. The molecule has 0 aromatic heterocycles. The van der Waals surface area contributed by atoms with E-state index in [4.69, 9.17) is 27.9 Å². The minimum Gasteiger partial charge on any atom is -0.496 e. The maximum atomic E-state index is 6.53. The molecule has 0 saturated heterocycles. The van der Waals surface area contributed by atoms with Crippen LogP contribution in [-0.4, -0.2) is 7.11 Å². The lowest BCUT2D eigenvalue weighted by Crippen LogP contribution is -1.96. The second kappa shape index (κ2) is 5.85. The summed E-state index contributed by atoms with van der Waals surface area (Å²) in [7, 11) is 1.66. The molecule has 1 unspecified atom stereocenters. The van der Waals surface area contributed by atoms with Crippen molar-refractivity contribution in [3.8, 4) is 5.75 Å². The van der Waals surface area contributed by atoms with Crippen LogP contribution in [0.25, 0.3) is 0 Å². The summed E-state index contributed by atoms with van der Waals surface area (Å²) in [5, 5.41) is 0.450. The van der Waals surface area contributed by atoms with Gasteiger partial charge in [0.15, 0.2) is 0 Å². The van der Waals surface area contributed by atoms with Crippen molar-refractivity contribution in [3.05, 3.63) is 63.7 Å². The van der Waals surface area contributed by atoms with E-state index in [2.05, 4.69) is 0 Å². The molecule has 3 heteroatoms. The van der Waals surface area contributed by atoms with Gasteiger partial charge in [0.2, 0.25) is 0 Å². The van der Waals surface area contributed by atoms with Gasteiger partial charge in [0.1, 0.15) is 5.75 Å². The van der Waals surface area contributed by atoms with Crippen molar-refractivity contribution in [2.24, 2.45) is 0 Å². The summed E-state index contributed by atoms with van der Waals surface area (Å²) in [6.45, 7) is 4.01. The largest absolute Gasteiger partial charge is 0.496 e. The first-order valence-electron chi connectivity index (χ1n) is 6.07. The fourth-order valence-electron chi connectivity index (χ4n) is 2.08. The average Bonchev–Trinajstić information content (AvgIpc) is 2.38. The zero-order valence-corrected chi connectivity index (χ0v) is 12.7. The Morgan fingerprint density at radius 3 is 2.37 bits per heavy atom. The van der Waals surface area contributed by atoms with Crippen LogP contribution in [0.2, 0.25) is 5.02 Å². The Morgan fingerprint density at radius 2 is 1.79 bits per heavy atom. The van der Waals surface area contributed by atoms with Gasteiger partial charge in [0.05, 0.1) is 12.5 Å². The van der Waals surface area contributed by atoms with Crippen LogP contribution < -0.4 is 4.74 Å². The minimum absolute atomic E-state index is 0.252. The summed E-state index contributed by atoms with van der Waals surface area (Å²) in [4.78, 5) is 0. The summed E-state index contributed by atoms with van der Waals surface area (Å²) < 4.78 is 5.26. The number of benzene rings is 2. The minimum atomic E-state index is -0.252. The van der Waals surface area contributed by atoms with E-state index in [0.717, 1.165) is 28.0 Å². The van der Waals surface area contributed by atoms with Crippen LogP contribution >= 0.6 is 23.2 Å². The molecule has 1 atom stereocenters. The summed E-state index contributed by atoms with van der Waals surface area (Å²) >= 11 is 12.8. The first-order chi connectivity index (χ1) is 9.02. The summed E-state index contributed by atoms with van der Waals surface area (Å²) in [5.74, 6) is 0.864. The van der Waals surface area contributed by atoms with Crippen molar-refractivity contribution in [1.29, 1.82) is 0 Å². The van der Waals surface area contributed by atoms with Gasteiger partial charge in [-0.15, -0.1) is 11.6 Å². The Morgan fingerprint density at radius 1 is 1.05 bits per heavy atom. The Bertz CT molecular complexity index is 593. The molecule has 100 valence electrons. The van der Waals surface area contributed by atoms with Gasteiger partial charge in [0.25, 0.3) is 0 Å². The van der Waals surface area contributed by atoms with Crippen molar-refractivity contribution in [3.63, 3.8) is 0 Å². The topological polar surface area (TPSA) is 9.23 Å². The number of halogens is 2. The lowest BCUT2D eigenvalue weighted by Gasteiger charge is -2.14. The number of methoxy groups -OCH3 is 1. The Hall–Kier alpha value is -1.18. The van der Waals surface area contributed by atoms with Gasteiger partial charge in [-0.25, -0.2) is 0 Å². The molecule has 0 aliphatic carbocycles. The third-order valence-corrected chi connectivity index (χ3v) is 3.95. The van der Waals surface area contributed by atoms with E-state index >= 15 is 0 Å². The number of hydrogen-bond donors (Lipinski definition) is 0. The molecule has 0 fully saturated rings. The molecular weight excluding hydrogens is 279 g/mol. The van der Waals surface area contributed by atoms with Gasteiger partial charge >= 0.3 is 0 Å². The first kappa shape index (κ1) is 14.2. The van der Waals surface area contributed by atoms with Crippen LogP contribution in [-0.2, 0) is 0 Å². The maximum absolute atomic E-state index is 6.53. The van der Waals surface area contributed by atoms with E-state index in [-0.39, 0.29) is 5.38 Å². The third-order valence-electron chi connectivity index (χ3n) is 3.14. The van der Waals surface area contributed by atoms with E-state index in [1.165, 1.54) is 0 Å². The molecule has 0 saturated carbocycles. The predicted octanol–water partition coefficient (Wildman–Crippen LogP) is 5.29. The Labute approximate surface area is 124 Å². The van der Waals surface area contributed by atoms with E-state index in [1.54, 1.807) is 7.11 Å². The number of hydrogen-bond acceptors (Lipinski definition) is 1. The molecule has 2 rings (SSSR count). The molecule has 0 aliphatic rings. The molecule has 2 aromatic carbocycles. The molecular formula is C16H16Cl2O. The fourth-order valence-corrected chi connectivity index (χ4v) is 2.80. The van der Waals surface area contributed by atoms with Crippen LogP contribution in [0.4, 0.5) is 0 Å². The molecule has 0 N–H and O–H groups in total. The normalized spacial score (nSPS) is 12.3. The highest BCUT2D eigenvalue weighted by Crippen LogP contribution is 2.35. The highest BCUT2D eigenvalue weighted by Gasteiger charge is 2.15. The van der Waals surface area contributed by atoms with Crippen LogP contribution in [0.3, 0.4) is 0 Å². The molecule has 19 heavy (non-hydrogen) atoms. The second-order valence-corrected chi connectivity index (χ2v) is 5.46. The number of ether oxygens (including phenoxy) is 1. The van der Waals surface area contributed by atoms with Crippen molar-refractivity contribution in [2.75, 3.05) is 7.11 Å². The van der Waals surface area contributed by atoms with E-state index in [0.29, 0.717) is 5.02 Å². The lowest BCUT2D eigenvalue weighted by molar-refractivity contribution is 0.411. The molecule has 1 nitrogen and oxygen atoms in total. The second-order valence-electron chi connectivity index (χ2n) is 4.62. The molecule has 0 bridgehead atoms. The fraction of sp³-hybridized carbons (Fsp3) is 0.250. The standard InChI is InChI=1S/C16H16Cl2O/c1-10-4-6-13(14(17)8-10)16(18)12-5-7-15(19-3)11(2)9-12/h4-9,16H,1-3H3. The Balaban J connectivity index is 2.38. The summed E-state index contributed by atoms with van der Waals surface area (Å²) in [6.07, 6.45) is 0. The van der Waals surface area contributed by atoms with Crippen molar-refractivity contribution >= 4 is 23.2 Å². The van der Waals surface area contributed by atoms with E-state index < -0.39 is 0 Å². The van der Waals surface area contributed by atoms with Crippen molar-refractivity contribution in [1.82, 2.24) is 0 Å². The SMILES string of the molecule is COc1ccc(C(Cl)c2ccc(C)cc2Cl)cc1C. The molecule has 0 aliphatic heterocycles. The van der Waals surface area contributed by atoms with Gasteiger partial charge in [-0.3, -0.25) is 0 Å². The van der Waals surface area contributed by atoms with Gasteiger partial charge in [0, 0.05) is 5.02 Å². The number of aryl methyl sites for hydroxylation is 2. The van der Waals surface area contributed by atoms with Crippen molar-refractivity contribution < 1.29 is 4.74 Å². The van der Waals surface area contributed by atoms with Crippen LogP contribution in [0.5, 0.6) is 5.75 Å². The van der Waals surface area contributed by atoms with Gasteiger partial charge in [-0.1, -0.05) is 35.9 Å². The molecule has 0 heterocycles. The van der Waals surface area contributed by atoms with Gasteiger partial charge in [-0.05, 0) is 48.2 Å². The van der Waals surface area contributed by atoms with Crippen LogP contribution in [0.15, 0.2) is 36.4 Å². The zero-order valence-electron chi connectivity index (χ0n) is 11.2. The summed E-state index contributed by atoms with van der Waals surface area (Å²) in [5.41, 5.74) is 4.14. The number of alkyl halides is 1. The number of rotatable bonds is 3. The third kappa shape index (κ3) is 3.05. The molecule has 0 radical (unpaired) electrons. The predicted molar refractivity (Wildman–Crippen MR) is 81.6 cm³/mol. The smallest absolute Gasteiger partial charge is 0.121 e. The molecule has 0 amide bonds. The maximum Gasteiger partial charge on any atom is 0.121 e. The van der Waals surface area contributed by atoms with E-state index in [9.17, 15) is 0 Å². The summed E-state index contributed by atoms with van der Waals surface area (Å²) in [6, 6.07) is 11.9. The van der Waals surface area contributed by atoms with Gasteiger partial charge < -0.3 is 4.74 Å². The highest BCUT2D eigenvalue weighted by molar-refractivity contribution is 6.33. The van der Waals surface area contributed by atoms with Crippen LogP contribution in [0, 0.1) is 13.8 Å². The van der Waals surface area contributed by atoms with Crippen molar-refractivity contribution in [2.45, 2.75) is 19.2 Å². The lowest BCUT2D eigenvalue weighted by atomic mass is 10.0. The molecule has 2 aromatic rings.